The molecule has 0 aromatic heterocycles. The first-order chi connectivity index (χ1) is 8.88. The van der Waals surface area contributed by atoms with Crippen LogP contribution in [0.3, 0.4) is 0 Å². The largest absolute Gasteiger partial charge is 0.303 e. The Morgan fingerprint density at radius 1 is 1.22 bits per heavy atom. The summed E-state index contributed by atoms with van der Waals surface area (Å²) in [7, 11) is 0. The van der Waals surface area contributed by atoms with E-state index in [0.29, 0.717) is 0 Å². The van der Waals surface area contributed by atoms with Gasteiger partial charge in [0, 0.05) is 6.54 Å². The predicted molar refractivity (Wildman–Crippen MR) is 77.0 cm³/mol. The SMILES string of the molecule is CCCCN1CC[C@@H]2c3ccccc3CC[C@@H]2C1. The summed E-state index contributed by atoms with van der Waals surface area (Å²) in [5.41, 5.74) is 3.30. The van der Waals surface area contributed by atoms with Gasteiger partial charge in [0.25, 0.3) is 0 Å². The van der Waals surface area contributed by atoms with Gasteiger partial charge in [-0.2, -0.15) is 0 Å². The lowest BCUT2D eigenvalue weighted by Gasteiger charge is -2.42. The van der Waals surface area contributed by atoms with Gasteiger partial charge in [-0.3, -0.25) is 0 Å². The average molecular weight is 243 g/mol. The second-order valence-corrected chi connectivity index (χ2v) is 6.05. The van der Waals surface area contributed by atoms with Gasteiger partial charge in [-0.1, -0.05) is 37.6 Å². The van der Waals surface area contributed by atoms with Gasteiger partial charge in [0.15, 0.2) is 0 Å². The van der Waals surface area contributed by atoms with E-state index in [4.69, 9.17) is 0 Å². The number of rotatable bonds is 3. The van der Waals surface area contributed by atoms with E-state index in [-0.39, 0.29) is 0 Å². The second-order valence-electron chi connectivity index (χ2n) is 6.05. The third kappa shape index (κ3) is 2.33. The van der Waals surface area contributed by atoms with E-state index in [1.807, 2.05) is 0 Å². The first-order valence-electron chi connectivity index (χ1n) is 7.68. The fraction of sp³-hybridized carbons (Fsp3) is 0.647. The van der Waals surface area contributed by atoms with Gasteiger partial charge >= 0.3 is 0 Å². The third-order valence-electron chi connectivity index (χ3n) is 4.89. The van der Waals surface area contributed by atoms with Crippen molar-refractivity contribution in [3.05, 3.63) is 35.4 Å². The zero-order valence-corrected chi connectivity index (χ0v) is 11.6. The standard InChI is InChI=1S/C17H25N/c1-2-3-11-18-12-10-17-15(13-18)9-8-14-6-4-5-7-16(14)17/h4-7,15,17H,2-3,8-13H2,1H3/t15-,17+/m1/s1. The molecule has 2 atom stereocenters. The van der Waals surface area contributed by atoms with Crippen molar-refractivity contribution < 1.29 is 0 Å². The Bertz CT molecular complexity index is 398. The summed E-state index contributed by atoms with van der Waals surface area (Å²) >= 11 is 0. The summed E-state index contributed by atoms with van der Waals surface area (Å²) < 4.78 is 0. The van der Waals surface area contributed by atoms with Crippen molar-refractivity contribution in [3.8, 4) is 0 Å². The van der Waals surface area contributed by atoms with Gasteiger partial charge < -0.3 is 4.90 Å². The smallest absolute Gasteiger partial charge is 0.00156 e. The highest BCUT2D eigenvalue weighted by Gasteiger charge is 2.33. The molecule has 98 valence electrons. The topological polar surface area (TPSA) is 3.24 Å². The maximum absolute atomic E-state index is 2.71. The van der Waals surface area contributed by atoms with Gasteiger partial charge in [0.2, 0.25) is 0 Å². The molecule has 1 aliphatic carbocycles. The number of likely N-dealkylation sites (tertiary alicyclic amines) is 1. The summed E-state index contributed by atoms with van der Waals surface area (Å²) in [4.78, 5) is 2.71. The van der Waals surface area contributed by atoms with Crippen molar-refractivity contribution in [2.75, 3.05) is 19.6 Å². The molecule has 0 spiro atoms. The highest BCUT2D eigenvalue weighted by Crippen LogP contribution is 2.41. The predicted octanol–water partition coefficient (Wildman–Crippen LogP) is 3.84. The molecule has 0 unspecified atom stereocenters. The van der Waals surface area contributed by atoms with Crippen LogP contribution in [0, 0.1) is 5.92 Å². The number of piperidine rings is 1. The lowest BCUT2D eigenvalue weighted by atomic mass is 9.71. The molecule has 0 saturated carbocycles. The van der Waals surface area contributed by atoms with Crippen molar-refractivity contribution >= 4 is 0 Å². The lowest BCUT2D eigenvalue weighted by molar-refractivity contribution is 0.139. The first kappa shape index (κ1) is 12.2. The van der Waals surface area contributed by atoms with Gasteiger partial charge in [0.1, 0.15) is 0 Å². The molecule has 1 fully saturated rings. The molecule has 1 aromatic rings. The van der Waals surface area contributed by atoms with Gasteiger partial charge in [0.05, 0.1) is 0 Å². The summed E-state index contributed by atoms with van der Waals surface area (Å²) in [6.45, 7) is 6.28. The Morgan fingerprint density at radius 3 is 3.00 bits per heavy atom. The number of fused-ring (bicyclic) bond motifs is 3. The van der Waals surface area contributed by atoms with Crippen molar-refractivity contribution in [1.29, 1.82) is 0 Å². The maximum atomic E-state index is 2.71. The fourth-order valence-corrected chi connectivity index (χ4v) is 3.86. The molecule has 1 aromatic carbocycles. The Kier molecular flexibility index (Phi) is 3.69. The van der Waals surface area contributed by atoms with Gasteiger partial charge in [-0.15, -0.1) is 0 Å². The van der Waals surface area contributed by atoms with Crippen LogP contribution in [0.4, 0.5) is 0 Å². The normalized spacial score (nSPS) is 27.6. The van der Waals surface area contributed by atoms with Crippen LogP contribution in [0.15, 0.2) is 24.3 Å². The van der Waals surface area contributed by atoms with Crippen LogP contribution in [0.1, 0.15) is 49.7 Å². The lowest BCUT2D eigenvalue weighted by Crippen LogP contribution is -2.41. The molecule has 3 rings (SSSR count). The molecule has 1 nitrogen and oxygen atoms in total. The minimum absolute atomic E-state index is 0.854. The number of hydrogen-bond acceptors (Lipinski definition) is 1. The van der Waals surface area contributed by atoms with Crippen LogP contribution < -0.4 is 0 Å². The van der Waals surface area contributed by atoms with E-state index in [1.54, 1.807) is 11.1 Å². The van der Waals surface area contributed by atoms with E-state index in [0.717, 1.165) is 11.8 Å². The number of nitrogens with zero attached hydrogens (tertiary/aromatic N) is 1. The zero-order valence-electron chi connectivity index (χ0n) is 11.6. The van der Waals surface area contributed by atoms with Crippen molar-refractivity contribution in [2.45, 2.75) is 44.9 Å². The second kappa shape index (κ2) is 5.44. The number of aryl methyl sites for hydroxylation is 1. The number of benzene rings is 1. The molecule has 1 saturated heterocycles. The van der Waals surface area contributed by atoms with Crippen LogP contribution in [-0.2, 0) is 6.42 Å². The van der Waals surface area contributed by atoms with Crippen molar-refractivity contribution in [2.24, 2.45) is 5.92 Å². The molecule has 0 radical (unpaired) electrons. The van der Waals surface area contributed by atoms with Crippen molar-refractivity contribution in [3.63, 3.8) is 0 Å². The van der Waals surface area contributed by atoms with Gasteiger partial charge in [-0.05, 0) is 61.7 Å². The molecule has 0 amide bonds. The molecule has 1 heteroatoms. The molecular weight excluding hydrogens is 218 g/mol. The molecule has 0 N–H and O–H groups in total. The minimum atomic E-state index is 0.854. The Morgan fingerprint density at radius 2 is 2.11 bits per heavy atom. The van der Waals surface area contributed by atoms with E-state index < -0.39 is 0 Å². The highest BCUT2D eigenvalue weighted by atomic mass is 15.1. The highest BCUT2D eigenvalue weighted by molar-refractivity contribution is 5.34. The molecular formula is C17H25N. The quantitative estimate of drug-likeness (QED) is 0.779. The third-order valence-corrected chi connectivity index (χ3v) is 4.89. The molecule has 1 aliphatic heterocycles. The van der Waals surface area contributed by atoms with E-state index in [1.165, 1.54) is 51.7 Å². The van der Waals surface area contributed by atoms with Crippen LogP contribution >= 0.6 is 0 Å². The molecule has 18 heavy (non-hydrogen) atoms. The van der Waals surface area contributed by atoms with Crippen LogP contribution in [0.5, 0.6) is 0 Å². The fourth-order valence-electron chi connectivity index (χ4n) is 3.86. The monoisotopic (exact) mass is 243 g/mol. The summed E-state index contributed by atoms with van der Waals surface area (Å²) in [5, 5.41) is 0. The zero-order chi connectivity index (χ0) is 12.4. The molecule has 0 bridgehead atoms. The average Bonchev–Trinajstić information content (AvgIpc) is 2.44. The summed E-state index contributed by atoms with van der Waals surface area (Å²) in [6, 6.07) is 9.16. The summed E-state index contributed by atoms with van der Waals surface area (Å²) in [6.07, 6.45) is 6.79. The molecule has 1 heterocycles. The van der Waals surface area contributed by atoms with Crippen molar-refractivity contribution in [1.82, 2.24) is 4.90 Å². The molecule has 2 aliphatic rings. The van der Waals surface area contributed by atoms with Crippen LogP contribution in [-0.4, -0.2) is 24.5 Å². The Labute approximate surface area is 111 Å². The minimum Gasteiger partial charge on any atom is -0.303 e. The Hall–Kier alpha value is -0.820. The van der Waals surface area contributed by atoms with E-state index >= 15 is 0 Å². The maximum Gasteiger partial charge on any atom is 0.00156 e. The summed E-state index contributed by atoms with van der Waals surface area (Å²) in [5.74, 6) is 1.78. The van der Waals surface area contributed by atoms with Gasteiger partial charge in [-0.25, -0.2) is 0 Å². The number of unbranched alkanes of at least 4 members (excludes halogenated alkanes) is 1. The Balaban J connectivity index is 1.70. The van der Waals surface area contributed by atoms with Crippen LogP contribution in [0.2, 0.25) is 0 Å². The first-order valence-corrected chi connectivity index (χ1v) is 7.68. The van der Waals surface area contributed by atoms with E-state index in [9.17, 15) is 0 Å². The number of hydrogen-bond donors (Lipinski definition) is 0. The van der Waals surface area contributed by atoms with Crippen LogP contribution in [0.25, 0.3) is 0 Å². The van der Waals surface area contributed by atoms with E-state index in [2.05, 4.69) is 36.1 Å².